The molecule has 7 heteroatoms. The zero-order valence-electron chi connectivity index (χ0n) is 17.3. The zero-order valence-corrected chi connectivity index (χ0v) is 17.3. The van der Waals surface area contributed by atoms with Crippen LogP contribution in [0, 0.1) is 6.92 Å². The Labute approximate surface area is 180 Å². The van der Waals surface area contributed by atoms with Crippen LogP contribution in [0.2, 0.25) is 0 Å². The summed E-state index contributed by atoms with van der Waals surface area (Å²) >= 11 is 0. The molecule has 1 aromatic carbocycles. The maximum absolute atomic E-state index is 14.7. The van der Waals surface area contributed by atoms with E-state index in [2.05, 4.69) is 20.5 Å². The second-order valence-corrected chi connectivity index (χ2v) is 8.41. The maximum atomic E-state index is 14.7. The molecule has 31 heavy (non-hydrogen) atoms. The van der Waals surface area contributed by atoms with Crippen molar-refractivity contribution in [1.82, 2.24) is 20.5 Å². The van der Waals surface area contributed by atoms with Gasteiger partial charge in [-0.1, -0.05) is 18.6 Å². The van der Waals surface area contributed by atoms with Gasteiger partial charge in [-0.3, -0.25) is 4.98 Å². The highest BCUT2D eigenvalue weighted by Crippen LogP contribution is 2.33. The topological polar surface area (TPSA) is 80.2 Å². The minimum atomic E-state index is -1.05. The van der Waals surface area contributed by atoms with Crippen LogP contribution in [0.15, 0.2) is 48.7 Å². The molecular formula is C24H25FN4O2. The minimum absolute atomic E-state index is 0.107. The third-order valence-corrected chi connectivity index (χ3v) is 6.20. The Hall–Kier alpha value is -3.06. The summed E-state index contributed by atoms with van der Waals surface area (Å²) in [6.45, 7) is 1.93. The van der Waals surface area contributed by atoms with E-state index in [1.165, 1.54) is 0 Å². The number of hydrogen-bond acceptors (Lipinski definition) is 6. The van der Waals surface area contributed by atoms with E-state index in [4.69, 9.17) is 4.74 Å². The van der Waals surface area contributed by atoms with Crippen LogP contribution < -0.4 is 10.1 Å². The minimum Gasteiger partial charge on any atom is -0.507 e. The Morgan fingerprint density at radius 1 is 1.06 bits per heavy atom. The van der Waals surface area contributed by atoms with Gasteiger partial charge >= 0.3 is 0 Å². The highest BCUT2D eigenvalue weighted by atomic mass is 19.1. The van der Waals surface area contributed by atoms with Crippen LogP contribution in [0.25, 0.3) is 22.4 Å². The average molecular weight is 420 g/mol. The lowest BCUT2D eigenvalue weighted by molar-refractivity contribution is 0.00652. The predicted molar refractivity (Wildman–Crippen MR) is 116 cm³/mol. The van der Waals surface area contributed by atoms with Gasteiger partial charge in [0.05, 0.1) is 5.69 Å². The molecule has 2 bridgehead atoms. The summed E-state index contributed by atoms with van der Waals surface area (Å²) in [4.78, 5) is 4.30. The summed E-state index contributed by atoms with van der Waals surface area (Å²) < 4.78 is 20.6. The van der Waals surface area contributed by atoms with Crippen molar-refractivity contribution in [3.8, 4) is 34.0 Å². The van der Waals surface area contributed by atoms with Gasteiger partial charge in [0.25, 0.3) is 0 Å². The number of phenols is 1. The van der Waals surface area contributed by atoms with Gasteiger partial charge in [0.1, 0.15) is 11.9 Å². The van der Waals surface area contributed by atoms with Gasteiger partial charge in [-0.2, -0.15) is 0 Å². The SMILES string of the molecule is Cc1ccc(-c2ccc(-c3ccc(O[C@@H]4CC5CCCC(N5)[C@@H]4F)nn3)c(O)c2)cn1. The largest absolute Gasteiger partial charge is 0.507 e. The van der Waals surface area contributed by atoms with Crippen LogP contribution in [-0.2, 0) is 0 Å². The molecule has 2 aliphatic rings. The highest BCUT2D eigenvalue weighted by Gasteiger charge is 2.41. The van der Waals surface area contributed by atoms with Crippen molar-refractivity contribution in [3.05, 3.63) is 54.4 Å². The van der Waals surface area contributed by atoms with Gasteiger partial charge in [0, 0.05) is 47.6 Å². The first-order valence-corrected chi connectivity index (χ1v) is 10.7. The number of piperidine rings is 2. The van der Waals surface area contributed by atoms with Gasteiger partial charge in [-0.15, -0.1) is 10.2 Å². The number of nitrogens with one attached hydrogen (secondary N) is 1. The first-order chi connectivity index (χ1) is 15.1. The standard InChI is InChI=1S/C24H25FN4O2/c1-14-5-6-16(13-26-14)15-7-8-18(21(30)11-15)19-9-10-23(29-28-19)31-22-12-17-3-2-4-20(27-17)24(22)25/h5-11,13,17,20,22,24,27,30H,2-4,12H2,1H3/t17?,20?,22-,24+/m1/s1. The van der Waals surface area contributed by atoms with Gasteiger partial charge in [0.15, 0.2) is 6.17 Å². The lowest BCUT2D eigenvalue weighted by atomic mass is 9.84. The van der Waals surface area contributed by atoms with Crippen molar-refractivity contribution in [2.24, 2.45) is 0 Å². The van der Waals surface area contributed by atoms with Crippen LogP contribution in [0.3, 0.4) is 0 Å². The van der Waals surface area contributed by atoms with E-state index in [1.54, 1.807) is 30.5 Å². The molecule has 0 amide bonds. The number of aromatic hydroxyl groups is 1. The Morgan fingerprint density at radius 2 is 1.94 bits per heavy atom. The fourth-order valence-corrected chi connectivity index (χ4v) is 4.52. The van der Waals surface area contributed by atoms with Crippen molar-refractivity contribution >= 4 is 0 Å². The summed E-state index contributed by atoms with van der Waals surface area (Å²) in [6.07, 6.45) is 3.82. The zero-order chi connectivity index (χ0) is 21.4. The van der Waals surface area contributed by atoms with E-state index >= 15 is 0 Å². The van der Waals surface area contributed by atoms with Crippen molar-refractivity contribution in [1.29, 1.82) is 0 Å². The van der Waals surface area contributed by atoms with Crippen molar-refractivity contribution in [2.45, 2.75) is 57.0 Å². The molecule has 2 aromatic heterocycles. The van der Waals surface area contributed by atoms with E-state index in [-0.39, 0.29) is 11.8 Å². The Bertz CT molecular complexity index is 1060. The molecule has 6 nitrogen and oxygen atoms in total. The van der Waals surface area contributed by atoms with Crippen LogP contribution >= 0.6 is 0 Å². The van der Waals surface area contributed by atoms with Gasteiger partial charge in [0.2, 0.25) is 5.88 Å². The number of aromatic nitrogens is 3. The molecule has 4 heterocycles. The fourth-order valence-electron chi connectivity index (χ4n) is 4.52. The molecule has 160 valence electrons. The number of benzene rings is 1. The molecule has 2 fully saturated rings. The molecule has 2 aliphatic heterocycles. The lowest BCUT2D eigenvalue weighted by Gasteiger charge is -2.42. The van der Waals surface area contributed by atoms with Gasteiger partial charge in [-0.05, 0) is 49.6 Å². The average Bonchev–Trinajstić information content (AvgIpc) is 2.79. The second kappa shape index (κ2) is 8.23. The fraction of sp³-hybridized carbons (Fsp3) is 0.375. The molecule has 2 N–H and O–H groups in total. The van der Waals surface area contributed by atoms with E-state index in [0.717, 1.165) is 36.1 Å². The molecule has 5 rings (SSSR count). The normalized spacial score (nSPS) is 25.2. The number of nitrogens with zero attached hydrogens (tertiary/aromatic N) is 3. The number of fused-ring (bicyclic) bond motifs is 2. The molecule has 0 aliphatic carbocycles. The highest BCUT2D eigenvalue weighted by molar-refractivity contribution is 5.73. The third-order valence-electron chi connectivity index (χ3n) is 6.20. The van der Waals surface area contributed by atoms with Crippen LogP contribution in [-0.4, -0.2) is 44.6 Å². The summed E-state index contributed by atoms with van der Waals surface area (Å²) in [5.41, 5.74) is 3.83. The molecule has 3 aromatic rings. The van der Waals surface area contributed by atoms with Gasteiger partial charge in [-0.25, -0.2) is 4.39 Å². The first-order valence-electron chi connectivity index (χ1n) is 10.7. The molecule has 2 unspecified atom stereocenters. The number of hydrogen-bond donors (Lipinski definition) is 2. The summed E-state index contributed by atoms with van der Waals surface area (Å²) in [6, 6.07) is 12.9. The Balaban J connectivity index is 1.31. The summed E-state index contributed by atoms with van der Waals surface area (Å²) in [5, 5.41) is 22.2. The van der Waals surface area contributed by atoms with E-state index < -0.39 is 12.3 Å². The second-order valence-electron chi connectivity index (χ2n) is 8.41. The predicted octanol–water partition coefficient (Wildman–Crippen LogP) is 4.22. The quantitative estimate of drug-likeness (QED) is 0.658. The van der Waals surface area contributed by atoms with Crippen molar-refractivity contribution in [2.75, 3.05) is 0 Å². The number of halogens is 1. The number of ether oxygens (including phenoxy) is 1. The van der Waals surface area contributed by atoms with Crippen LogP contribution in [0.5, 0.6) is 11.6 Å². The third kappa shape index (κ3) is 4.10. The monoisotopic (exact) mass is 420 g/mol. The first kappa shape index (κ1) is 19.9. The van der Waals surface area contributed by atoms with E-state index in [9.17, 15) is 9.50 Å². The molecular weight excluding hydrogens is 395 g/mol. The van der Waals surface area contributed by atoms with E-state index in [0.29, 0.717) is 29.6 Å². The number of pyridine rings is 1. The summed E-state index contributed by atoms with van der Waals surface area (Å²) in [5.74, 6) is 0.411. The summed E-state index contributed by atoms with van der Waals surface area (Å²) in [7, 11) is 0. The van der Waals surface area contributed by atoms with Crippen LogP contribution in [0.4, 0.5) is 4.39 Å². The number of phenolic OH excluding ortho intramolecular Hbond substituents is 1. The number of alkyl halides is 1. The molecule has 0 spiro atoms. The lowest BCUT2D eigenvalue weighted by Crippen LogP contribution is -2.59. The van der Waals surface area contributed by atoms with Crippen molar-refractivity contribution in [3.63, 3.8) is 0 Å². The maximum Gasteiger partial charge on any atom is 0.233 e. The number of rotatable bonds is 4. The molecule has 0 radical (unpaired) electrons. The van der Waals surface area contributed by atoms with Crippen molar-refractivity contribution < 1.29 is 14.2 Å². The van der Waals surface area contributed by atoms with Gasteiger partial charge < -0.3 is 15.2 Å². The Morgan fingerprint density at radius 3 is 2.68 bits per heavy atom. The van der Waals surface area contributed by atoms with Crippen LogP contribution in [0.1, 0.15) is 31.4 Å². The molecule has 4 atom stereocenters. The Kier molecular flexibility index (Phi) is 5.28. The number of aryl methyl sites for hydroxylation is 1. The molecule has 2 saturated heterocycles. The molecule has 0 saturated carbocycles. The smallest absolute Gasteiger partial charge is 0.233 e. The van der Waals surface area contributed by atoms with E-state index in [1.807, 2.05) is 25.1 Å².